The van der Waals surface area contributed by atoms with Crippen LogP contribution in [-0.4, -0.2) is 40.9 Å². The molecule has 0 saturated carbocycles. The van der Waals surface area contributed by atoms with Crippen molar-refractivity contribution in [3.05, 3.63) is 33.2 Å². The monoisotopic (exact) mass is 425 g/mol. The number of halogens is 1. The Labute approximate surface area is 163 Å². The third-order valence-corrected chi connectivity index (χ3v) is 5.20. The predicted molar refractivity (Wildman–Crippen MR) is 105 cm³/mol. The van der Waals surface area contributed by atoms with E-state index in [1.165, 1.54) is 23.5 Å². The van der Waals surface area contributed by atoms with Gasteiger partial charge in [-0.15, -0.1) is 0 Å². The third-order valence-electron chi connectivity index (χ3n) is 4.73. The lowest BCUT2D eigenvalue weighted by molar-refractivity contribution is -0.136. The van der Waals surface area contributed by atoms with Gasteiger partial charge in [0.2, 0.25) is 11.8 Å². The molecule has 2 amide bonds. The van der Waals surface area contributed by atoms with Gasteiger partial charge in [0.25, 0.3) is 5.56 Å². The maximum absolute atomic E-state index is 12.6. The molecule has 2 heterocycles. The number of pyridine rings is 1. The number of likely N-dealkylation sites (tertiary alicyclic amines) is 1. The van der Waals surface area contributed by atoms with Gasteiger partial charge in [0, 0.05) is 36.4 Å². The number of carbonyl (C=O) groups is 2. The first-order valence-corrected chi connectivity index (χ1v) is 10.2. The van der Waals surface area contributed by atoms with E-state index in [0.717, 1.165) is 30.2 Å². The minimum atomic E-state index is -0.208. The fourth-order valence-electron chi connectivity index (χ4n) is 3.20. The van der Waals surface area contributed by atoms with Gasteiger partial charge in [0.05, 0.1) is 5.92 Å². The molecule has 144 valence electrons. The largest absolute Gasteiger partial charge is 0.356 e. The van der Waals surface area contributed by atoms with Crippen LogP contribution in [0.2, 0.25) is 0 Å². The Bertz CT molecular complexity index is 674. The lowest BCUT2D eigenvalue weighted by Gasteiger charge is -2.32. The molecule has 0 bridgehead atoms. The molecule has 1 saturated heterocycles. The van der Waals surface area contributed by atoms with Crippen molar-refractivity contribution in [2.24, 2.45) is 5.92 Å². The zero-order valence-electron chi connectivity index (χ0n) is 15.4. The zero-order chi connectivity index (χ0) is 18.9. The summed E-state index contributed by atoms with van der Waals surface area (Å²) in [5.74, 6) is -0.234. The Hall–Kier alpha value is -1.63. The van der Waals surface area contributed by atoms with Gasteiger partial charge in [-0.05, 0) is 41.3 Å². The highest BCUT2D eigenvalue weighted by Crippen LogP contribution is 2.17. The second-order valence-electron chi connectivity index (χ2n) is 6.84. The van der Waals surface area contributed by atoms with E-state index in [0.29, 0.717) is 19.6 Å². The molecule has 1 fully saturated rings. The number of amides is 2. The molecule has 6 nitrogen and oxygen atoms in total. The number of rotatable bonds is 8. The van der Waals surface area contributed by atoms with Crippen LogP contribution in [0.25, 0.3) is 0 Å². The normalized spacial score (nSPS) is 17.2. The van der Waals surface area contributed by atoms with Crippen molar-refractivity contribution in [3.8, 4) is 0 Å². The molecule has 0 radical (unpaired) electrons. The fraction of sp³-hybridized carbons (Fsp3) is 0.632. The van der Waals surface area contributed by atoms with Gasteiger partial charge in [-0.1, -0.05) is 26.2 Å². The van der Waals surface area contributed by atoms with E-state index in [1.807, 2.05) is 0 Å². The van der Waals surface area contributed by atoms with E-state index >= 15 is 0 Å². The second kappa shape index (κ2) is 10.5. The number of hydrogen-bond donors (Lipinski definition) is 1. The number of nitrogens with zero attached hydrogens (tertiary/aromatic N) is 2. The number of hydrogen-bond acceptors (Lipinski definition) is 3. The minimum Gasteiger partial charge on any atom is -0.356 e. The highest BCUT2D eigenvalue weighted by molar-refractivity contribution is 9.10. The number of carbonyl (C=O) groups excluding carboxylic acids is 2. The van der Waals surface area contributed by atoms with Crippen LogP contribution in [-0.2, 0) is 16.1 Å². The van der Waals surface area contributed by atoms with Crippen molar-refractivity contribution in [1.29, 1.82) is 0 Å². The molecule has 1 unspecified atom stereocenters. The van der Waals surface area contributed by atoms with Gasteiger partial charge >= 0.3 is 0 Å². The summed E-state index contributed by atoms with van der Waals surface area (Å²) in [4.78, 5) is 38.5. The van der Waals surface area contributed by atoms with Crippen LogP contribution in [0.5, 0.6) is 0 Å². The maximum Gasteiger partial charge on any atom is 0.251 e. The summed E-state index contributed by atoms with van der Waals surface area (Å²) in [5, 5.41) is 3.00. The molecule has 1 aliphatic rings. The SMILES string of the molecule is CCCCCCNC(=O)C1CCCN(C(=O)Cn2cc(Br)ccc2=O)C1. The number of nitrogens with one attached hydrogen (secondary N) is 1. The average Bonchev–Trinajstić information content (AvgIpc) is 2.64. The smallest absolute Gasteiger partial charge is 0.251 e. The lowest BCUT2D eigenvalue weighted by atomic mass is 9.97. The molecule has 0 aromatic carbocycles. The topological polar surface area (TPSA) is 71.4 Å². The average molecular weight is 426 g/mol. The van der Waals surface area contributed by atoms with Gasteiger partial charge in [-0.2, -0.15) is 0 Å². The van der Waals surface area contributed by atoms with Gasteiger partial charge in [0.15, 0.2) is 0 Å². The minimum absolute atomic E-state index is 0.00360. The molecular weight excluding hydrogens is 398 g/mol. The Balaban J connectivity index is 1.84. The molecule has 0 spiro atoms. The van der Waals surface area contributed by atoms with Crippen LogP contribution in [0.15, 0.2) is 27.6 Å². The van der Waals surface area contributed by atoms with Crippen molar-refractivity contribution in [2.75, 3.05) is 19.6 Å². The molecule has 0 aliphatic carbocycles. The first kappa shape index (κ1) is 20.7. The second-order valence-corrected chi connectivity index (χ2v) is 7.76. The summed E-state index contributed by atoms with van der Waals surface area (Å²) in [6.07, 6.45) is 7.73. The summed E-state index contributed by atoms with van der Waals surface area (Å²) in [5.41, 5.74) is -0.208. The molecule has 1 aromatic heterocycles. The molecule has 26 heavy (non-hydrogen) atoms. The molecule has 1 atom stereocenters. The number of aromatic nitrogens is 1. The van der Waals surface area contributed by atoms with Crippen LogP contribution in [0.3, 0.4) is 0 Å². The Kier molecular flexibility index (Phi) is 8.35. The van der Waals surface area contributed by atoms with Gasteiger partial charge in [0.1, 0.15) is 6.54 Å². The Morgan fingerprint density at radius 2 is 2.08 bits per heavy atom. The van der Waals surface area contributed by atoms with Crippen LogP contribution >= 0.6 is 15.9 Å². The summed E-state index contributed by atoms with van der Waals surface area (Å²) in [6, 6.07) is 3.09. The quantitative estimate of drug-likeness (QED) is 0.650. The first-order valence-electron chi connectivity index (χ1n) is 9.42. The van der Waals surface area contributed by atoms with Crippen molar-refractivity contribution < 1.29 is 9.59 Å². The lowest BCUT2D eigenvalue weighted by Crippen LogP contribution is -2.47. The van der Waals surface area contributed by atoms with E-state index < -0.39 is 0 Å². The van der Waals surface area contributed by atoms with E-state index in [1.54, 1.807) is 17.2 Å². The molecule has 1 aromatic rings. The van der Waals surface area contributed by atoms with E-state index in [-0.39, 0.29) is 29.8 Å². The van der Waals surface area contributed by atoms with Crippen molar-refractivity contribution in [2.45, 2.75) is 52.0 Å². The Morgan fingerprint density at radius 3 is 2.85 bits per heavy atom. The van der Waals surface area contributed by atoms with E-state index in [2.05, 4.69) is 28.2 Å². The molecule has 7 heteroatoms. The van der Waals surface area contributed by atoms with Crippen LogP contribution in [0, 0.1) is 5.92 Å². The zero-order valence-corrected chi connectivity index (χ0v) is 17.0. The molecule has 1 N–H and O–H groups in total. The third kappa shape index (κ3) is 6.27. The highest BCUT2D eigenvalue weighted by Gasteiger charge is 2.28. The Morgan fingerprint density at radius 1 is 1.27 bits per heavy atom. The van der Waals surface area contributed by atoms with Gasteiger partial charge in [-0.3, -0.25) is 14.4 Å². The van der Waals surface area contributed by atoms with Gasteiger partial charge < -0.3 is 14.8 Å². The van der Waals surface area contributed by atoms with Crippen molar-refractivity contribution in [3.63, 3.8) is 0 Å². The van der Waals surface area contributed by atoms with Gasteiger partial charge in [-0.25, -0.2) is 0 Å². The molecule has 2 rings (SSSR count). The fourth-order valence-corrected chi connectivity index (χ4v) is 3.58. The van der Waals surface area contributed by atoms with Crippen molar-refractivity contribution >= 4 is 27.7 Å². The van der Waals surface area contributed by atoms with Crippen molar-refractivity contribution in [1.82, 2.24) is 14.8 Å². The van der Waals surface area contributed by atoms with Crippen LogP contribution in [0.1, 0.15) is 45.4 Å². The van der Waals surface area contributed by atoms with Crippen LogP contribution in [0.4, 0.5) is 0 Å². The summed E-state index contributed by atoms with van der Waals surface area (Å²) >= 11 is 3.31. The standard InChI is InChI=1S/C19H28BrN3O3/c1-2-3-4-5-10-21-19(26)15-7-6-11-22(12-15)18(25)14-23-13-16(20)8-9-17(23)24/h8-9,13,15H,2-7,10-12,14H2,1H3,(H,21,26). The maximum atomic E-state index is 12.6. The first-order chi connectivity index (χ1) is 12.5. The van der Waals surface area contributed by atoms with E-state index in [9.17, 15) is 14.4 Å². The number of piperidine rings is 1. The van der Waals surface area contributed by atoms with Crippen LogP contribution < -0.4 is 10.9 Å². The summed E-state index contributed by atoms with van der Waals surface area (Å²) < 4.78 is 2.15. The summed E-state index contributed by atoms with van der Waals surface area (Å²) in [6.45, 7) is 3.94. The summed E-state index contributed by atoms with van der Waals surface area (Å²) in [7, 11) is 0. The predicted octanol–water partition coefficient (Wildman–Crippen LogP) is 2.55. The highest BCUT2D eigenvalue weighted by atomic mass is 79.9. The molecular formula is C19H28BrN3O3. The van der Waals surface area contributed by atoms with E-state index in [4.69, 9.17) is 0 Å². The molecule has 1 aliphatic heterocycles. The number of unbranched alkanes of at least 4 members (excludes halogenated alkanes) is 3.